The summed E-state index contributed by atoms with van der Waals surface area (Å²) in [6, 6.07) is 0. The fourth-order valence-corrected chi connectivity index (χ4v) is 5.30. The molecule has 2 aliphatic rings. The third kappa shape index (κ3) is 10.6. The maximum Gasteiger partial charge on any atom is 0.334 e. The Labute approximate surface area is 242 Å². The van der Waals surface area contributed by atoms with Gasteiger partial charge < -0.3 is 29.5 Å². The van der Waals surface area contributed by atoms with Gasteiger partial charge in [0.2, 0.25) is 0 Å². The van der Waals surface area contributed by atoms with Gasteiger partial charge in [-0.25, -0.2) is 4.79 Å². The molecule has 2 aliphatic heterocycles. The van der Waals surface area contributed by atoms with Gasteiger partial charge in [0.05, 0.1) is 30.5 Å². The molecule has 0 aromatic rings. The van der Waals surface area contributed by atoms with Crippen LogP contribution in [0, 0.1) is 23.7 Å². The van der Waals surface area contributed by atoms with E-state index < -0.39 is 18.3 Å². The molecular formula is C33H54O7. The molecule has 3 N–H and O–H groups in total. The van der Waals surface area contributed by atoms with Crippen molar-refractivity contribution in [2.75, 3.05) is 7.11 Å². The second kappa shape index (κ2) is 16.6. The molecule has 0 bridgehead atoms. The summed E-state index contributed by atoms with van der Waals surface area (Å²) in [5.74, 6) is -0.730. The molecule has 1 saturated heterocycles. The molecule has 0 aromatic carbocycles. The minimum absolute atomic E-state index is 0.0715. The summed E-state index contributed by atoms with van der Waals surface area (Å²) >= 11 is 0. The van der Waals surface area contributed by atoms with Crippen LogP contribution >= 0.6 is 0 Å². The summed E-state index contributed by atoms with van der Waals surface area (Å²) in [5.41, 5.74) is 1.43. The predicted molar refractivity (Wildman–Crippen MR) is 159 cm³/mol. The Kier molecular flexibility index (Phi) is 14.3. The number of hydrogen-bond donors (Lipinski definition) is 3. The van der Waals surface area contributed by atoms with Crippen LogP contribution in [-0.2, 0) is 19.0 Å². The Morgan fingerprint density at radius 1 is 1.07 bits per heavy atom. The van der Waals surface area contributed by atoms with E-state index in [-0.39, 0.29) is 54.1 Å². The number of aliphatic hydroxyl groups is 3. The summed E-state index contributed by atoms with van der Waals surface area (Å²) in [6.07, 6.45) is 13.1. The number of methoxy groups -OCH3 is 1. The first kappa shape index (κ1) is 34.4. The molecule has 0 saturated carbocycles. The van der Waals surface area contributed by atoms with Gasteiger partial charge in [0.25, 0.3) is 0 Å². The van der Waals surface area contributed by atoms with Crippen LogP contribution in [0.2, 0.25) is 0 Å². The van der Waals surface area contributed by atoms with E-state index >= 15 is 0 Å². The highest BCUT2D eigenvalue weighted by Crippen LogP contribution is 2.33. The molecule has 1 fully saturated rings. The maximum atomic E-state index is 13.0. The molecule has 40 heavy (non-hydrogen) atoms. The average Bonchev–Trinajstić information content (AvgIpc) is 3.70. The van der Waals surface area contributed by atoms with Gasteiger partial charge in [-0.05, 0) is 58.4 Å². The smallest absolute Gasteiger partial charge is 0.334 e. The molecule has 7 nitrogen and oxygen atoms in total. The monoisotopic (exact) mass is 562 g/mol. The number of aliphatic hydroxyl groups excluding tert-OH is 3. The van der Waals surface area contributed by atoms with Crippen LogP contribution in [0.25, 0.3) is 0 Å². The van der Waals surface area contributed by atoms with E-state index in [0.29, 0.717) is 24.8 Å². The Balaban J connectivity index is 2.02. The van der Waals surface area contributed by atoms with E-state index in [2.05, 4.69) is 19.1 Å². The van der Waals surface area contributed by atoms with Gasteiger partial charge in [-0.3, -0.25) is 0 Å². The first-order chi connectivity index (χ1) is 18.9. The quantitative estimate of drug-likeness (QED) is 0.188. The number of cyclic esters (lactones) is 1. The number of rotatable bonds is 10. The third-order valence-corrected chi connectivity index (χ3v) is 8.68. The van der Waals surface area contributed by atoms with Crippen molar-refractivity contribution in [3.63, 3.8) is 0 Å². The van der Waals surface area contributed by atoms with Gasteiger partial charge in [0.15, 0.2) is 0 Å². The van der Waals surface area contributed by atoms with Gasteiger partial charge in [0, 0.05) is 36.9 Å². The van der Waals surface area contributed by atoms with E-state index in [0.717, 1.165) is 18.4 Å². The Hall–Kier alpha value is -1.77. The molecule has 0 amide bonds. The van der Waals surface area contributed by atoms with Crippen LogP contribution in [0.5, 0.6) is 0 Å². The number of carbonyl (C=O) groups is 1. The third-order valence-electron chi connectivity index (χ3n) is 8.68. The van der Waals surface area contributed by atoms with E-state index in [1.165, 1.54) is 0 Å². The number of esters is 1. The fourth-order valence-electron chi connectivity index (χ4n) is 5.30. The van der Waals surface area contributed by atoms with Crippen LogP contribution in [-0.4, -0.2) is 71.1 Å². The minimum atomic E-state index is -0.667. The topological polar surface area (TPSA) is 109 Å². The lowest BCUT2D eigenvalue weighted by molar-refractivity contribution is -0.146. The first-order valence-electron chi connectivity index (χ1n) is 15.0. The van der Waals surface area contributed by atoms with Crippen molar-refractivity contribution in [3.8, 4) is 0 Å². The molecule has 2 heterocycles. The second-order valence-electron chi connectivity index (χ2n) is 12.1. The van der Waals surface area contributed by atoms with Gasteiger partial charge in [-0.15, -0.1) is 0 Å². The standard InChI is InChI=1S/C33H54O7/c1-20-18-22(3)30(35)32-29(39-32)17-11-9-10-16-28(40-33(37)23(4)19-20)21(2)14-12-13-15-27(34)25(6)31(36)24(5)26(7)38-8/h9-10,12-13,18-19,21-22,24-32,34-36H,11,14-17H2,1-8H3. The van der Waals surface area contributed by atoms with Crippen LogP contribution in [0.3, 0.4) is 0 Å². The molecular weight excluding hydrogens is 508 g/mol. The zero-order valence-electron chi connectivity index (χ0n) is 25.8. The van der Waals surface area contributed by atoms with Crippen LogP contribution in [0.4, 0.5) is 0 Å². The fraction of sp³-hybridized carbons (Fsp3) is 0.727. The number of epoxide rings is 1. The van der Waals surface area contributed by atoms with Crippen LogP contribution < -0.4 is 0 Å². The van der Waals surface area contributed by atoms with Gasteiger partial charge in [-0.2, -0.15) is 0 Å². The van der Waals surface area contributed by atoms with Crippen molar-refractivity contribution in [2.45, 2.75) is 123 Å². The highest BCUT2D eigenvalue weighted by atomic mass is 16.6. The molecule has 11 unspecified atom stereocenters. The van der Waals surface area contributed by atoms with Crippen LogP contribution in [0.1, 0.15) is 80.6 Å². The molecule has 2 rings (SSSR count). The Morgan fingerprint density at radius 3 is 2.42 bits per heavy atom. The molecule has 0 aliphatic carbocycles. The molecule has 7 heteroatoms. The minimum Gasteiger partial charge on any atom is -0.458 e. The summed E-state index contributed by atoms with van der Waals surface area (Å²) in [6.45, 7) is 13.4. The SMILES string of the molecule is COC(C)C(C)C(O)C(C)C(O)CC=CCC(C)C1CC=CCCC2OC2C(O)C(C)C=C(C)C=C(C)C(=O)O1. The lowest BCUT2D eigenvalue weighted by Gasteiger charge is -2.31. The largest absolute Gasteiger partial charge is 0.458 e. The van der Waals surface area contributed by atoms with Crippen molar-refractivity contribution in [2.24, 2.45) is 23.7 Å². The lowest BCUT2D eigenvalue weighted by Crippen LogP contribution is -2.38. The lowest BCUT2D eigenvalue weighted by atomic mass is 9.85. The van der Waals surface area contributed by atoms with Crippen molar-refractivity contribution in [1.29, 1.82) is 0 Å². The number of fused-ring (bicyclic) bond motifs is 1. The average molecular weight is 563 g/mol. The van der Waals surface area contributed by atoms with Crippen molar-refractivity contribution >= 4 is 5.97 Å². The van der Waals surface area contributed by atoms with Crippen LogP contribution in [0.15, 0.2) is 47.6 Å². The highest BCUT2D eigenvalue weighted by molar-refractivity contribution is 5.88. The molecule has 0 radical (unpaired) electrons. The number of hydrogen-bond acceptors (Lipinski definition) is 7. The summed E-state index contributed by atoms with van der Waals surface area (Å²) < 4.78 is 17.0. The second-order valence-corrected chi connectivity index (χ2v) is 12.1. The summed E-state index contributed by atoms with van der Waals surface area (Å²) in [7, 11) is 1.62. The zero-order valence-corrected chi connectivity index (χ0v) is 25.8. The maximum absolute atomic E-state index is 13.0. The van der Waals surface area contributed by atoms with Crippen molar-refractivity contribution in [3.05, 3.63) is 47.6 Å². The molecule has 11 atom stereocenters. The summed E-state index contributed by atoms with van der Waals surface area (Å²) in [4.78, 5) is 13.0. The number of carbonyl (C=O) groups excluding carboxylic acids is 1. The molecule has 0 spiro atoms. The van der Waals surface area contributed by atoms with E-state index in [1.807, 2.05) is 58.9 Å². The molecule has 0 aromatic heterocycles. The van der Waals surface area contributed by atoms with E-state index in [4.69, 9.17) is 14.2 Å². The Morgan fingerprint density at radius 2 is 1.75 bits per heavy atom. The van der Waals surface area contributed by atoms with Crippen molar-refractivity contribution < 1.29 is 34.3 Å². The highest BCUT2D eigenvalue weighted by Gasteiger charge is 2.45. The number of allylic oxidation sites excluding steroid dienone is 4. The molecule has 228 valence electrons. The number of ether oxygens (including phenoxy) is 3. The van der Waals surface area contributed by atoms with Gasteiger partial charge >= 0.3 is 5.97 Å². The zero-order chi connectivity index (χ0) is 30.0. The predicted octanol–water partition coefficient (Wildman–Crippen LogP) is 5.30. The Bertz CT molecular complexity index is 906. The summed E-state index contributed by atoms with van der Waals surface area (Å²) in [5, 5.41) is 31.9. The van der Waals surface area contributed by atoms with E-state index in [1.54, 1.807) is 14.0 Å². The van der Waals surface area contributed by atoms with Gasteiger partial charge in [-0.1, -0.05) is 63.6 Å². The van der Waals surface area contributed by atoms with E-state index in [9.17, 15) is 20.1 Å². The normalized spacial score (nSPS) is 31.3. The first-order valence-corrected chi connectivity index (χ1v) is 15.0. The van der Waals surface area contributed by atoms with Gasteiger partial charge in [0.1, 0.15) is 12.2 Å². The van der Waals surface area contributed by atoms with Crippen molar-refractivity contribution in [1.82, 2.24) is 0 Å².